The largest absolute Gasteiger partial charge is 0.328 e. The number of nitrogens with two attached hydrogens (primary N) is 1. The van der Waals surface area contributed by atoms with Gasteiger partial charge in [-0.15, -0.1) is 0 Å². The molecule has 1 fully saturated rings. The molecule has 0 radical (unpaired) electrons. The number of hydrogen-bond acceptors (Lipinski definition) is 1. The minimum atomic E-state index is 0.445. The first-order chi connectivity index (χ1) is 6.58. The molecule has 1 aliphatic carbocycles. The van der Waals surface area contributed by atoms with Gasteiger partial charge in [-0.2, -0.15) is 0 Å². The van der Waals surface area contributed by atoms with E-state index in [0.29, 0.717) is 6.04 Å². The van der Waals surface area contributed by atoms with Crippen LogP contribution in [0.4, 0.5) is 0 Å². The molecule has 76 valence electrons. The van der Waals surface area contributed by atoms with Crippen molar-refractivity contribution >= 4 is 0 Å². The summed E-state index contributed by atoms with van der Waals surface area (Å²) in [5.74, 6) is 0.727. The van der Waals surface area contributed by atoms with E-state index in [1.54, 1.807) is 5.56 Å². The second-order valence-electron chi connectivity index (χ2n) is 4.74. The fourth-order valence-electron chi connectivity index (χ4n) is 2.73. The van der Waals surface area contributed by atoms with E-state index in [2.05, 4.69) is 32.9 Å². The van der Waals surface area contributed by atoms with Crippen LogP contribution in [-0.2, 0) is 0 Å². The summed E-state index contributed by atoms with van der Waals surface area (Å²) in [6.45, 7) is 6.61. The SMILES string of the molecule is Cc1cc(C)c(C2CC(N)C2)c(C)c1. The second-order valence-corrected chi connectivity index (χ2v) is 4.74. The topological polar surface area (TPSA) is 26.0 Å². The zero-order chi connectivity index (χ0) is 10.3. The Bertz CT molecular complexity index is 325. The van der Waals surface area contributed by atoms with Gasteiger partial charge in [0.05, 0.1) is 0 Å². The molecular weight excluding hydrogens is 170 g/mol. The van der Waals surface area contributed by atoms with Crippen LogP contribution in [0.5, 0.6) is 0 Å². The van der Waals surface area contributed by atoms with Gasteiger partial charge in [0.25, 0.3) is 0 Å². The van der Waals surface area contributed by atoms with Crippen molar-refractivity contribution in [2.75, 3.05) is 0 Å². The van der Waals surface area contributed by atoms with Gasteiger partial charge in [0, 0.05) is 6.04 Å². The lowest BCUT2D eigenvalue weighted by atomic mass is 9.73. The Kier molecular flexibility index (Phi) is 2.36. The molecule has 0 bridgehead atoms. The van der Waals surface area contributed by atoms with Crippen molar-refractivity contribution in [2.24, 2.45) is 5.73 Å². The predicted molar refractivity (Wildman–Crippen MR) is 60.6 cm³/mol. The number of benzene rings is 1. The fourth-order valence-corrected chi connectivity index (χ4v) is 2.73. The minimum absolute atomic E-state index is 0.445. The van der Waals surface area contributed by atoms with Crippen LogP contribution in [0.15, 0.2) is 12.1 Å². The summed E-state index contributed by atoms with van der Waals surface area (Å²) < 4.78 is 0. The van der Waals surface area contributed by atoms with Gasteiger partial charge in [-0.1, -0.05) is 17.7 Å². The number of aryl methyl sites for hydroxylation is 3. The number of hydrogen-bond donors (Lipinski definition) is 1. The molecule has 2 rings (SSSR count). The van der Waals surface area contributed by atoms with Crippen molar-refractivity contribution in [1.29, 1.82) is 0 Å². The highest BCUT2D eigenvalue weighted by molar-refractivity contribution is 5.41. The van der Waals surface area contributed by atoms with Crippen LogP contribution in [0.25, 0.3) is 0 Å². The van der Waals surface area contributed by atoms with Crippen LogP contribution in [0.2, 0.25) is 0 Å². The van der Waals surface area contributed by atoms with E-state index < -0.39 is 0 Å². The monoisotopic (exact) mass is 189 g/mol. The Labute approximate surface area is 86.3 Å². The average Bonchev–Trinajstić information content (AvgIpc) is 1.99. The van der Waals surface area contributed by atoms with Gasteiger partial charge in [-0.3, -0.25) is 0 Å². The molecular formula is C13H19N. The molecule has 0 saturated heterocycles. The van der Waals surface area contributed by atoms with Crippen LogP contribution in [0, 0.1) is 20.8 Å². The zero-order valence-corrected chi connectivity index (χ0v) is 9.30. The van der Waals surface area contributed by atoms with Gasteiger partial charge in [0.1, 0.15) is 0 Å². The fraction of sp³-hybridized carbons (Fsp3) is 0.538. The third-order valence-electron chi connectivity index (χ3n) is 3.32. The maximum atomic E-state index is 5.84. The van der Waals surface area contributed by atoms with E-state index in [1.165, 1.54) is 29.5 Å². The van der Waals surface area contributed by atoms with Crippen LogP contribution < -0.4 is 5.73 Å². The van der Waals surface area contributed by atoms with Crippen molar-refractivity contribution in [3.63, 3.8) is 0 Å². The Balaban J connectivity index is 2.33. The van der Waals surface area contributed by atoms with Crippen molar-refractivity contribution in [3.05, 3.63) is 34.4 Å². The summed E-state index contributed by atoms with van der Waals surface area (Å²) >= 11 is 0. The number of rotatable bonds is 1. The van der Waals surface area contributed by atoms with E-state index in [0.717, 1.165) is 5.92 Å². The molecule has 0 aromatic heterocycles. The first kappa shape index (κ1) is 9.72. The maximum absolute atomic E-state index is 5.84. The molecule has 2 N–H and O–H groups in total. The molecule has 1 nitrogen and oxygen atoms in total. The molecule has 0 spiro atoms. The highest BCUT2D eigenvalue weighted by Crippen LogP contribution is 2.39. The maximum Gasteiger partial charge on any atom is 0.00505 e. The van der Waals surface area contributed by atoms with Crippen molar-refractivity contribution in [2.45, 2.75) is 45.6 Å². The first-order valence-corrected chi connectivity index (χ1v) is 5.41. The van der Waals surface area contributed by atoms with Gasteiger partial charge in [0.15, 0.2) is 0 Å². The van der Waals surface area contributed by atoms with E-state index in [9.17, 15) is 0 Å². The van der Waals surface area contributed by atoms with Gasteiger partial charge >= 0.3 is 0 Å². The van der Waals surface area contributed by atoms with Crippen LogP contribution in [-0.4, -0.2) is 6.04 Å². The Morgan fingerprint density at radius 2 is 1.57 bits per heavy atom. The Morgan fingerprint density at radius 3 is 2.00 bits per heavy atom. The van der Waals surface area contributed by atoms with Gasteiger partial charge < -0.3 is 5.73 Å². The van der Waals surface area contributed by atoms with Crippen molar-refractivity contribution < 1.29 is 0 Å². The summed E-state index contributed by atoms with van der Waals surface area (Å²) in [7, 11) is 0. The van der Waals surface area contributed by atoms with Gasteiger partial charge in [-0.25, -0.2) is 0 Å². The zero-order valence-electron chi connectivity index (χ0n) is 9.30. The smallest absolute Gasteiger partial charge is 0.00505 e. The molecule has 0 amide bonds. The van der Waals surface area contributed by atoms with Crippen molar-refractivity contribution in [1.82, 2.24) is 0 Å². The standard InChI is InChI=1S/C13H19N/c1-8-4-9(2)13(10(3)5-8)11-6-12(14)7-11/h4-5,11-12H,6-7,14H2,1-3H3. The van der Waals surface area contributed by atoms with E-state index in [-0.39, 0.29) is 0 Å². The predicted octanol–water partition coefficient (Wildman–Crippen LogP) is 2.82. The third-order valence-corrected chi connectivity index (χ3v) is 3.32. The molecule has 14 heavy (non-hydrogen) atoms. The third kappa shape index (κ3) is 1.57. The lowest BCUT2D eigenvalue weighted by Crippen LogP contribution is -2.35. The summed E-state index contributed by atoms with van der Waals surface area (Å²) in [6.07, 6.45) is 2.34. The summed E-state index contributed by atoms with van der Waals surface area (Å²) in [4.78, 5) is 0. The highest BCUT2D eigenvalue weighted by atomic mass is 14.7. The van der Waals surface area contributed by atoms with Crippen LogP contribution >= 0.6 is 0 Å². The van der Waals surface area contributed by atoms with Crippen molar-refractivity contribution in [3.8, 4) is 0 Å². The lowest BCUT2D eigenvalue weighted by Gasteiger charge is -2.35. The summed E-state index contributed by atoms with van der Waals surface area (Å²) in [6, 6.07) is 5.01. The lowest BCUT2D eigenvalue weighted by molar-refractivity contribution is 0.349. The van der Waals surface area contributed by atoms with Crippen LogP contribution in [0.3, 0.4) is 0 Å². The molecule has 1 aromatic rings. The molecule has 0 unspecified atom stereocenters. The van der Waals surface area contributed by atoms with Gasteiger partial charge in [-0.05, 0) is 56.2 Å². The van der Waals surface area contributed by atoms with E-state index in [1.807, 2.05) is 0 Å². The quantitative estimate of drug-likeness (QED) is 0.722. The molecule has 1 aromatic carbocycles. The van der Waals surface area contributed by atoms with Crippen LogP contribution in [0.1, 0.15) is 41.0 Å². The molecule has 0 aliphatic heterocycles. The normalized spacial score (nSPS) is 26.0. The van der Waals surface area contributed by atoms with Gasteiger partial charge in [0.2, 0.25) is 0 Å². The molecule has 1 aliphatic rings. The molecule has 1 saturated carbocycles. The highest BCUT2D eigenvalue weighted by Gasteiger charge is 2.29. The summed E-state index contributed by atoms with van der Waals surface area (Å²) in [5, 5.41) is 0. The summed E-state index contributed by atoms with van der Waals surface area (Å²) in [5.41, 5.74) is 11.6. The minimum Gasteiger partial charge on any atom is -0.328 e. The molecule has 1 heteroatoms. The molecule has 0 heterocycles. The Hall–Kier alpha value is -0.820. The Morgan fingerprint density at radius 1 is 1.07 bits per heavy atom. The first-order valence-electron chi connectivity index (χ1n) is 5.41. The second kappa shape index (κ2) is 3.39. The average molecular weight is 189 g/mol. The van der Waals surface area contributed by atoms with E-state index >= 15 is 0 Å². The van der Waals surface area contributed by atoms with E-state index in [4.69, 9.17) is 5.73 Å². The molecule has 0 atom stereocenters.